The molecule has 0 aromatic heterocycles. The first kappa shape index (κ1) is 14.1. The van der Waals surface area contributed by atoms with Crippen LogP contribution in [-0.4, -0.2) is 23.8 Å². The van der Waals surface area contributed by atoms with Gasteiger partial charge >= 0.3 is 5.97 Å². The van der Waals surface area contributed by atoms with E-state index in [0.717, 1.165) is 25.7 Å². The molecule has 0 aliphatic heterocycles. The monoisotopic (exact) mass is 240 g/mol. The van der Waals surface area contributed by atoms with Gasteiger partial charge in [-0.25, -0.2) is 0 Å². The molecule has 0 spiro atoms. The molecule has 0 heterocycles. The first-order chi connectivity index (χ1) is 6.72. The third-order valence-electron chi connectivity index (χ3n) is 1.88. The van der Waals surface area contributed by atoms with Crippen LogP contribution in [0.3, 0.4) is 0 Å². The standard InChI is InChI=1S/C10H18Cl2O2/c1-2-14-10(13)9(12)7-5-3-4-6-8-11/h9H,2-8H2,1H3. The fraction of sp³-hybridized carbons (Fsp3) is 0.900. The lowest BCUT2D eigenvalue weighted by molar-refractivity contribution is -0.142. The average molecular weight is 241 g/mol. The summed E-state index contributed by atoms with van der Waals surface area (Å²) in [7, 11) is 0. The Morgan fingerprint density at radius 3 is 2.50 bits per heavy atom. The number of hydrogen-bond donors (Lipinski definition) is 0. The molecule has 1 unspecified atom stereocenters. The van der Waals surface area contributed by atoms with Crippen molar-refractivity contribution in [3.8, 4) is 0 Å². The molecule has 84 valence electrons. The lowest BCUT2D eigenvalue weighted by Crippen LogP contribution is -2.17. The van der Waals surface area contributed by atoms with Crippen LogP contribution < -0.4 is 0 Å². The van der Waals surface area contributed by atoms with Gasteiger partial charge in [0.1, 0.15) is 5.38 Å². The summed E-state index contributed by atoms with van der Waals surface area (Å²) >= 11 is 11.4. The van der Waals surface area contributed by atoms with Gasteiger partial charge in [0.25, 0.3) is 0 Å². The van der Waals surface area contributed by atoms with Crippen LogP contribution in [-0.2, 0) is 9.53 Å². The topological polar surface area (TPSA) is 26.3 Å². The highest BCUT2D eigenvalue weighted by Gasteiger charge is 2.15. The predicted molar refractivity (Wildman–Crippen MR) is 60.1 cm³/mol. The fourth-order valence-electron chi connectivity index (χ4n) is 1.12. The van der Waals surface area contributed by atoms with Gasteiger partial charge in [-0.3, -0.25) is 4.79 Å². The van der Waals surface area contributed by atoms with Crippen LogP contribution in [0.2, 0.25) is 0 Å². The molecule has 0 aromatic carbocycles. The van der Waals surface area contributed by atoms with Crippen molar-refractivity contribution >= 4 is 29.2 Å². The molecule has 0 aliphatic carbocycles. The van der Waals surface area contributed by atoms with Crippen molar-refractivity contribution in [3.63, 3.8) is 0 Å². The Hall–Kier alpha value is 0.0500. The molecule has 0 fully saturated rings. The highest BCUT2D eigenvalue weighted by molar-refractivity contribution is 6.29. The Labute approximate surface area is 95.9 Å². The van der Waals surface area contributed by atoms with Crippen molar-refractivity contribution < 1.29 is 9.53 Å². The van der Waals surface area contributed by atoms with Gasteiger partial charge in [-0.2, -0.15) is 0 Å². The lowest BCUT2D eigenvalue weighted by Gasteiger charge is -2.07. The fourth-order valence-corrected chi connectivity index (χ4v) is 1.53. The van der Waals surface area contributed by atoms with Crippen molar-refractivity contribution in [2.45, 2.75) is 44.4 Å². The number of unbranched alkanes of at least 4 members (excludes halogenated alkanes) is 3. The number of ether oxygens (including phenoxy) is 1. The maximum absolute atomic E-state index is 11.1. The molecule has 2 nitrogen and oxygen atoms in total. The predicted octanol–water partition coefficient (Wildman–Crippen LogP) is 3.35. The van der Waals surface area contributed by atoms with E-state index in [-0.39, 0.29) is 5.97 Å². The summed E-state index contributed by atoms with van der Waals surface area (Å²) in [6.45, 7) is 2.18. The van der Waals surface area contributed by atoms with Gasteiger partial charge in [-0.15, -0.1) is 23.2 Å². The number of rotatable bonds is 8. The molecule has 1 atom stereocenters. The van der Waals surface area contributed by atoms with Crippen molar-refractivity contribution in [1.29, 1.82) is 0 Å². The highest BCUT2D eigenvalue weighted by atomic mass is 35.5. The number of carbonyl (C=O) groups is 1. The minimum Gasteiger partial charge on any atom is -0.465 e. The maximum atomic E-state index is 11.1. The van der Waals surface area contributed by atoms with Crippen LogP contribution in [0.15, 0.2) is 0 Å². The summed E-state index contributed by atoms with van der Waals surface area (Å²) in [6.07, 6.45) is 4.88. The van der Waals surface area contributed by atoms with E-state index >= 15 is 0 Å². The third-order valence-corrected chi connectivity index (χ3v) is 2.55. The Morgan fingerprint density at radius 2 is 1.93 bits per heavy atom. The van der Waals surface area contributed by atoms with Crippen molar-refractivity contribution in [2.24, 2.45) is 0 Å². The molecule has 0 saturated heterocycles. The Bertz CT molecular complexity index is 151. The van der Waals surface area contributed by atoms with E-state index in [4.69, 9.17) is 27.9 Å². The van der Waals surface area contributed by atoms with Crippen LogP contribution in [0.25, 0.3) is 0 Å². The Balaban J connectivity index is 3.34. The van der Waals surface area contributed by atoms with Crippen LogP contribution >= 0.6 is 23.2 Å². The minimum atomic E-state index is -0.481. The number of carbonyl (C=O) groups excluding carboxylic acids is 1. The minimum absolute atomic E-state index is 0.300. The molecule has 0 rings (SSSR count). The largest absolute Gasteiger partial charge is 0.465 e. The molecule has 0 bridgehead atoms. The van der Waals surface area contributed by atoms with Crippen molar-refractivity contribution in [3.05, 3.63) is 0 Å². The molecule has 0 aromatic rings. The zero-order valence-electron chi connectivity index (χ0n) is 8.60. The van der Waals surface area contributed by atoms with E-state index in [1.807, 2.05) is 0 Å². The first-order valence-electron chi connectivity index (χ1n) is 5.09. The van der Waals surface area contributed by atoms with E-state index < -0.39 is 5.38 Å². The van der Waals surface area contributed by atoms with Gasteiger partial charge in [-0.1, -0.05) is 19.3 Å². The molecule has 0 aliphatic rings. The van der Waals surface area contributed by atoms with Gasteiger partial charge < -0.3 is 4.74 Å². The zero-order chi connectivity index (χ0) is 10.8. The van der Waals surface area contributed by atoms with E-state index in [2.05, 4.69) is 0 Å². The summed E-state index contributed by atoms with van der Waals surface area (Å²) in [6, 6.07) is 0. The van der Waals surface area contributed by atoms with Gasteiger partial charge in [-0.05, 0) is 19.8 Å². The average Bonchev–Trinajstić information content (AvgIpc) is 2.17. The molecule has 0 saturated carbocycles. The normalized spacial score (nSPS) is 12.5. The molecular formula is C10H18Cl2O2. The molecular weight excluding hydrogens is 223 g/mol. The summed E-state index contributed by atoms with van der Waals surface area (Å²) in [5.74, 6) is 0.411. The molecule has 0 N–H and O–H groups in total. The smallest absolute Gasteiger partial charge is 0.324 e. The van der Waals surface area contributed by atoms with Crippen LogP contribution in [0.4, 0.5) is 0 Å². The second-order valence-corrected chi connectivity index (χ2v) is 4.02. The molecule has 4 heteroatoms. The van der Waals surface area contributed by atoms with Gasteiger partial charge in [0.15, 0.2) is 0 Å². The lowest BCUT2D eigenvalue weighted by atomic mass is 10.1. The van der Waals surface area contributed by atoms with Crippen LogP contribution in [0, 0.1) is 0 Å². The van der Waals surface area contributed by atoms with Crippen molar-refractivity contribution in [1.82, 2.24) is 0 Å². The maximum Gasteiger partial charge on any atom is 0.324 e. The summed E-state index contributed by atoms with van der Waals surface area (Å²) in [4.78, 5) is 11.1. The van der Waals surface area contributed by atoms with E-state index in [0.29, 0.717) is 18.9 Å². The van der Waals surface area contributed by atoms with Crippen molar-refractivity contribution in [2.75, 3.05) is 12.5 Å². The second-order valence-electron chi connectivity index (χ2n) is 3.11. The highest BCUT2D eigenvalue weighted by Crippen LogP contribution is 2.11. The number of hydrogen-bond acceptors (Lipinski definition) is 2. The summed E-state index contributed by atoms with van der Waals surface area (Å²) in [5, 5.41) is -0.481. The summed E-state index contributed by atoms with van der Waals surface area (Å²) < 4.78 is 4.79. The number of halogens is 2. The van der Waals surface area contributed by atoms with Gasteiger partial charge in [0, 0.05) is 5.88 Å². The second kappa shape index (κ2) is 9.60. The van der Waals surface area contributed by atoms with E-state index in [1.54, 1.807) is 6.92 Å². The van der Waals surface area contributed by atoms with Crippen LogP contribution in [0.1, 0.15) is 39.0 Å². The first-order valence-corrected chi connectivity index (χ1v) is 6.06. The summed E-state index contributed by atoms with van der Waals surface area (Å²) in [5.41, 5.74) is 0. The Morgan fingerprint density at radius 1 is 1.29 bits per heavy atom. The van der Waals surface area contributed by atoms with E-state index in [1.165, 1.54) is 0 Å². The quantitative estimate of drug-likeness (QED) is 0.370. The number of alkyl halides is 2. The molecule has 0 radical (unpaired) electrons. The molecule has 14 heavy (non-hydrogen) atoms. The zero-order valence-corrected chi connectivity index (χ0v) is 10.1. The van der Waals surface area contributed by atoms with E-state index in [9.17, 15) is 4.79 Å². The molecule has 0 amide bonds. The van der Waals surface area contributed by atoms with Crippen LogP contribution in [0.5, 0.6) is 0 Å². The van der Waals surface area contributed by atoms with Gasteiger partial charge in [0.05, 0.1) is 6.61 Å². The van der Waals surface area contributed by atoms with Gasteiger partial charge in [0.2, 0.25) is 0 Å². The number of esters is 1. The Kier molecular flexibility index (Phi) is 9.63. The third kappa shape index (κ3) is 7.45. The SMILES string of the molecule is CCOC(=O)C(Cl)CCCCCCCl.